The topological polar surface area (TPSA) is 3.24 Å². The molecule has 1 nitrogen and oxygen atoms in total. The molecule has 0 aromatic rings. The SMILES string of the molecule is CC(C)C1=C(C(C)C)N(C(C)C)C(C)(C)C(C)(C)S1. The molecule has 0 N–H and O–H groups in total. The van der Waals surface area contributed by atoms with Crippen LogP contribution in [0.3, 0.4) is 0 Å². The molecule has 0 spiro atoms. The summed E-state index contributed by atoms with van der Waals surface area (Å²) in [4.78, 5) is 4.27. The van der Waals surface area contributed by atoms with Gasteiger partial charge in [-0.05, 0) is 53.4 Å². The minimum atomic E-state index is 0.170. The lowest BCUT2D eigenvalue weighted by Gasteiger charge is -2.58. The highest BCUT2D eigenvalue weighted by atomic mass is 32.2. The quantitative estimate of drug-likeness (QED) is 0.670. The van der Waals surface area contributed by atoms with Gasteiger partial charge in [0.1, 0.15) is 0 Å². The Hall–Kier alpha value is -0.110. The van der Waals surface area contributed by atoms with Crippen molar-refractivity contribution in [2.24, 2.45) is 11.8 Å². The summed E-state index contributed by atoms with van der Waals surface area (Å²) < 4.78 is 0.231. The fourth-order valence-corrected chi connectivity index (χ4v) is 4.63. The van der Waals surface area contributed by atoms with Crippen LogP contribution in [0.1, 0.15) is 69.2 Å². The van der Waals surface area contributed by atoms with E-state index >= 15 is 0 Å². The molecule has 1 rings (SSSR count). The second-order valence-corrected chi connectivity index (χ2v) is 9.36. The van der Waals surface area contributed by atoms with Crippen molar-refractivity contribution in [1.82, 2.24) is 4.90 Å². The lowest BCUT2D eigenvalue weighted by Crippen LogP contribution is -2.61. The molecule has 0 fully saturated rings. The fourth-order valence-electron chi connectivity index (χ4n) is 3.06. The van der Waals surface area contributed by atoms with Gasteiger partial charge in [0.25, 0.3) is 0 Å². The maximum absolute atomic E-state index is 2.68. The van der Waals surface area contributed by atoms with Crippen LogP contribution in [-0.4, -0.2) is 21.2 Å². The third-order valence-electron chi connectivity index (χ3n) is 4.54. The molecule has 0 aromatic carbocycles. The first-order valence-corrected chi connectivity index (χ1v) is 8.47. The zero-order valence-corrected chi connectivity index (χ0v) is 15.4. The molecule has 1 heterocycles. The minimum Gasteiger partial charge on any atom is -0.365 e. The maximum Gasteiger partial charge on any atom is 0.0490 e. The van der Waals surface area contributed by atoms with Crippen LogP contribution in [0.15, 0.2) is 10.6 Å². The highest BCUT2D eigenvalue weighted by Gasteiger charge is 2.49. The first kappa shape index (κ1) is 16.9. The normalized spacial score (nSPS) is 22.9. The first-order valence-electron chi connectivity index (χ1n) is 7.66. The zero-order chi connectivity index (χ0) is 15.2. The van der Waals surface area contributed by atoms with Crippen LogP contribution in [0, 0.1) is 11.8 Å². The molecule has 0 bridgehead atoms. The average molecular weight is 284 g/mol. The summed E-state index contributed by atoms with van der Waals surface area (Å²) >= 11 is 2.10. The molecule has 0 atom stereocenters. The largest absolute Gasteiger partial charge is 0.365 e. The predicted molar refractivity (Wildman–Crippen MR) is 89.4 cm³/mol. The van der Waals surface area contributed by atoms with Crippen LogP contribution in [0.2, 0.25) is 0 Å². The molecule has 1 aliphatic rings. The number of hydrogen-bond acceptors (Lipinski definition) is 2. The van der Waals surface area contributed by atoms with Crippen LogP contribution < -0.4 is 0 Å². The van der Waals surface area contributed by atoms with E-state index in [1.54, 1.807) is 10.6 Å². The second kappa shape index (κ2) is 5.35. The summed E-state index contributed by atoms with van der Waals surface area (Å²) in [6.07, 6.45) is 0. The molecule has 2 heteroatoms. The van der Waals surface area contributed by atoms with Crippen molar-refractivity contribution in [1.29, 1.82) is 0 Å². The number of hydrogen-bond donors (Lipinski definition) is 0. The van der Waals surface area contributed by atoms with Gasteiger partial charge in [-0.25, -0.2) is 0 Å². The van der Waals surface area contributed by atoms with E-state index in [0.29, 0.717) is 17.9 Å². The molecule has 0 saturated carbocycles. The molecule has 19 heavy (non-hydrogen) atoms. The summed E-state index contributed by atoms with van der Waals surface area (Å²) in [5.41, 5.74) is 1.74. The Morgan fingerprint density at radius 3 is 1.63 bits per heavy atom. The molecule has 0 amide bonds. The van der Waals surface area contributed by atoms with Crippen molar-refractivity contribution >= 4 is 11.8 Å². The van der Waals surface area contributed by atoms with Gasteiger partial charge in [0, 0.05) is 26.9 Å². The molecule has 1 aliphatic heterocycles. The van der Waals surface area contributed by atoms with Gasteiger partial charge in [0.2, 0.25) is 0 Å². The van der Waals surface area contributed by atoms with Crippen LogP contribution >= 0.6 is 11.8 Å². The maximum atomic E-state index is 2.68. The van der Waals surface area contributed by atoms with Gasteiger partial charge in [0.05, 0.1) is 0 Å². The lowest BCUT2D eigenvalue weighted by atomic mass is 9.83. The number of rotatable bonds is 3. The van der Waals surface area contributed by atoms with Crippen molar-refractivity contribution in [3.8, 4) is 0 Å². The summed E-state index contributed by atoms with van der Waals surface area (Å²) in [7, 11) is 0. The van der Waals surface area contributed by atoms with Crippen molar-refractivity contribution in [2.45, 2.75) is 85.6 Å². The van der Waals surface area contributed by atoms with Crippen molar-refractivity contribution in [3.63, 3.8) is 0 Å². The number of nitrogens with zero attached hydrogens (tertiary/aromatic N) is 1. The van der Waals surface area contributed by atoms with Gasteiger partial charge < -0.3 is 4.90 Å². The standard InChI is InChI=1S/C17H33NS/c1-11(2)14-15(12(3)4)19-17(9,10)16(7,8)18(14)13(5)6/h11-13H,1-10H3. The van der Waals surface area contributed by atoms with E-state index in [2.05, 4.69) is 85.9 Å². The summed E-state index contributed by atoms with van der Waals surface area (Å²) in [6, 6.07) is 0.543. The van der Waals surface area contributed by atoms with E-state index in [9.17, 15) is 0 Å². The Bertz CT molecular complexity index is 361. The van der Waals surface area contributed by atoms with E-state index in [-0.39, 0.29) is 10.3 Å². The Balaban J connectivity index is 3.52. The molecule has 112 valence electrons. The molecule has 0 radical (unpaired) electrons. The van der Waals surface area contributed by atoms with E-state index < -0.39 is 0 Å². The second-order valence-electron chi connectivity index (χ2n) is 7.69. The van der Waals surface area contributed by atoms with Crippen LogP contribution in [0.4, 0.5) is 0 Å². The summed E-state index contributed by atoms with van der Waals surface area (Å²) in [6.45, 7) is 23.6. The molecule has 0 saturated heterocycles. The Morgan fingerprint density at radius 1 is 0.842 bits per heavy atom. The molecular weight excluding hydrogens is 250 g/mol. The van der Waals surface area contributed by atoms with Crippen molar-refractivity contribution in [3.05, 3.63) is 10.6 Å². The zero-order valence-electron chi connectivity index (χ0n) is 14.6. The van der Waals surface area contributed by atoms with Crippen LogP contribution in [0.5, 0.6) is 0 Å². The monoisotopic (exact) mass is 283 g/mol. The Morgan fingerprint density at radius 2 is 1.32 bits per heavy atom. The predicted octanol–water partition coefficient (Wildman–Crippen LogP) is 5.52. The smallest absolute Gasteiger partial charge is 0.0490 e. The van der Waals surface area contributed by atoms with Gasteiger partial charge in [0.15, 0.2) is 0 Å². The lowest BCUT2D eigenvalue weighted by molar-refractivity contribution is 0.0815. The third-order valence-corrected chi connectivity index (χ3v) is 6.45. The van der Waals surface area contributed by atoms with E-state index in [4.69, 9.17) is 0 Å². The van der Waals surface area contributed by atoms with Crippen molar-refractivity contribution < 1.29 is 0 Å². The van der Waals surface area contributed by atoms with Crippen molar-refractivity contribution in [2.75, 3.05) is 0 Å². The van der Waals surface area contributed by atoms with E-state index in [1.165, 1.54) is 0 Å². The van der Waals surface area contributed by atoms with Gasteiger partial charge in [-0.15, -0.1) is 11.8 Å². The number of allylic oxidation sites excluding steroid dienone is 2. The van der Waals surface area contributed by atoms with Gasteiger partial charge in [-0.1, -0.05) is 27.7 Å². The summed E-state index contributed by atoms with van der Waals surface area (Å²) in [5, 5.41) is 0. The molecule has 0 aromatic heterocycles. The average Bonchev–Trinajstić information content (AvgIpc) is 2.19. The highest BCUT2D eigenvalue weighted by molar-refractivity contribution is 8.04. The molecule has 0 unspecified atom stereocenters. The first-order chi connectivity index (χ1) is 8.43. The number of thioether (sulfide) groups is 1. The van der Waals surface area contributed by atoms with E-state index in [1.807, 2.05) is 0 Å². The summed E-state index contributed by atoms with van der Waals surface area (Å²) in [5.74, 6) is 1.20. The van der Waals surface area contributed by atoms with Gasteiger partial charge in [-0.3, -0.25) is 0 Å². The Kier molecular flexibility index (Phi) is 4.77. The minimum absolute atomic E-state index is 0.170. The Labute approximate surface area is 125 Å². The molecular formula is C17H33NS. The molecule has 0 aliphatic carbocycles. The van der Waals surface area contributed by atoms with Crippen LogP contribution in [0.25, 0.3) is 0 Å². The van der Waals surface area contributed by atoms with Gasteiger partial charge >= 0.3 is 0 Å². The highest BCUT2D eigenvalue weighted by Crippen LogP contribution is 2.54. The third kappa shape index (κ3) is 2.84. The van der Waals surface area contributed by atoms with Gasteiger partial charge in [-0.2, -0.15) is 0 Å². The van der Waals surface area contributed by atoms with Crippen LogP contribution in [-0.2, 0) is 0 Å². The fraction of sp³-hybridized carbons (Fsp3) is 0.882. The van der Waals surface area contributed by atoms with E-state index in [0.717, 1.165) is 0 Å².